The smallest absolute Gasteiger partial charge is 0.417 e. The molecular formula is C21H15ClF3N3O4. The number of nitrogens with zero attached hydrogens (tertiary/aromatic N) is 2. The van der Waals surface area contributed by atoms with Crippen LogP contribution in [0.3, 0.4) is 0 Å². The quantitative estimate of drug-likeness (QED) is 0.498. The van der Waals surface area contributed by atoms with Gasteiger partial charge in [-0.2, -0.15) is 13.2 Å². The van der Waals surface area contributed by atoms with E-state index >= 15 is 0 Å². The van der Waals surface area contributed by atoms with Crippen LogP contribution in [0.2, 0.25) is 5.02 Å². The highest BCUT2D eigenvalue weighted by Gasteiger charge is 2.34. The van der Waals surface area contributed by atoms with Crippen molar-refractivity contribution >= 4 is 35.0 Å². The van der Waals surface area contributed by atoms with Gasteiger partial charge in [-0.25, -0.2) is 9.59 Å². The zero-order chi connectivity index (χ0) is 23.5. The molecule has 7 nitrogen and oxygen atoms in total. The first-order valence-electron chi connectivity index (χ1n) is 8.87. The van der Waals surface area contributed by atoms with E-state index in [0.717, 1.165) is 17.0 Å². The Kier molecular flexibility index (Phi) is 6.54. The molecule has 2 N–H and O–H groups in total. The number of rotatable bonds is 5. The van der Waals surface area contributed by atoms with Crippen LogP contribution in [0.15, 0.2) is 60.9 Å². The average Bonchev–Trinajstić information content (AvgIpc) is 2.75. The van der Waals surface area contributed by atoms with Gasteiger partial charge in [0.25, 0.3) is 0 Å². The molecule has 1 aromatic heterocycles. The van der Waals surface area contributed by atoms with Gasteiger partial charge in [0.05, 0.1) is 40.8 Å². The van der Waals surface area contributed by atoms with Crippen LogP contribution in [0.25, 0.3) is 0 Å². The Bertz CT molecular complexity index is 1150. The van der Waals surface area contributed by atoms with Crippen molar-refractivity contribution in [2.75, 3.05) is 12.0 Å². The third-order valence-electron chi connectivity index (χ3n) is 4.20. The molecule has 0 atom stereocenters. The van der Waals surface area contributed by atoms with Gasteiger partial charge in [0.15, 0.2) is 0 Å². The van der Waals surface area contributed by atoms with Crippen LogP contribution in [-0.2, 0) is 10.9 Å². The predicted molar refractivity (Wildman–Crippen MR) is 110 cm³/mol. The number of carbonyl (C=O) groups is 2. The van der Waals surface area contributed by atoms with Crippen LogP contribution >= 0.6 is 11.6 Å². The third-order valence-corrected chi connectivity index (χ3v) is 4.53. The van der Waals surface area contributed by atoms with E-state index in [1.54, 1.807) is 0 Å². The molecule has 0 saturated carbocycles. The zero-order valence-electron chi connectivity index (χ0n) is 16.4. The van der Waals surface area contributed by atoms with E-state index in [0.29, 0.717) is 5.75 Å². The molecule has 0 aliphatic carbocycles. The van der Waals surface area contributed by atoms with Gasteiger partial charge in [0.2, 0.25) is 0 Å². The standard InChI is InChI=1S/C21H15ClF3N3O4/c1-31-19(29)12-8-16(11-27-10-12)32-15-5-2-13(3-6-15)28(20(26)30)14-4-7-18(22)17(9-14)21(23,24)25/h2-11H,1H3,(H2,26,30). The minimum absolute atomic E-state index is 0.113. The molecule has 11 heteroatoms. The average molecular weight is 466 g/mol. The van der Waals surface area contributed by atoms with Crippen molar-refractivity contribution in [2.24, 2.45) is 5.73 Å². The minimum atomic E-state index is -4.71. The normalized spacial score (nSPS) is 11.0. The molecule has 1 heterocycles. The van der Waals surface area contributed by atoms with Gasteiger partial charge in [-0.1, -0.05) is 11.6 Å². The lowest BCUT2D eigenvalue weighted by molar-refractivity contribution is -0.137. The SMILES string of the molecule is COC(=O)c1cncc(Oc2ccc(N(C(N)=O)c3ccc(Cl)c(C(F)(F)F)c3)cc2)c1. The number of primary amides is 1. The Labute approximate surface area is 185 Å². The highest BCUT2D eigenvalue weighted by atomic mass is 35.5. The van der Waals surface area contributed by atoms with E-state index in [-0.39, 0.29) is 22.7 Å². The number of methoxy groups -OCH3 is 1. The lowest BCUT2D eigenvalue weighted by atomic mass is 10.1. The number of aromatic nitrogens is 1. The van der Waals surface area contributed by atoms with E-state index < -0.39 is 28.8 Å². The molecular weight excluding hydrogens is 451 g/mol. The van der Waals surface area contributed by atoms with Gasteiger partial charge in [0, 0.05) is 6.20 Å². The lowest BCUT2D eigenvalue weighted by Gasteiger charge is -2.22. The molecule has 3 rings (SSSR count). The molecule has 0 unspecified atom stereocenters. The highest BCUT2D eigenvalue weighted by molar-refractivity contribution is 6.31. The summed E-state index contributed by atoms with van der Waals surface area (Å²) in [5, 5.41) is -0.503. The summed E-state index contributed by atoms with van der Waals surface area (Å²) in [6, 6.07) is 9.25. The topological polar surface area (TPSA) is 94.8 Å². The van der Waals surface area contributed by atoms with E-state index in [2.05, 4.69) is 9.72 Å². The fourth-order valence-corrected chi connectivity index (χ4v) is 3.00. The Balaban J connectivity index is 1.88. The van der Waals surface area contributed by atoms with Crippen LogP contribution in [-0.4, -0.2) is 24.1 Å². The number of nitrogens with two attached hydrogens (primary N) is 1. The summed E-state index contributed by atoms with van der Waals surface area (Å²) in [5.41, 5.74) is 4.58. The minimum Gasteiger partial charge on any atom is -0.465 e. The molecule has 166 valence electrons. The lowest BCUT2D eigenvalue weighted by Crippen LogP contribution is -2.31. The summed E-state index contributed by atoms with van der Waals surface area (Å²) in [4.78, 5) is 28.4. The Morgan fingerprint density at radius 3 is 2.25 bits per heavy atom. The molecule has 3 aromatic rings. The van der Waals surface area contributed by atoms with Crippen molar-refractivity contribution in [1.29, 1.82) is 0 Å². The fourth-order valence-electron chi connectivity index (χ4n) is 2.78. The molecule has 32 heavy (non-hydrogen) atoms. The summed E-state index contributed by atoms with van der Waals surface area (Å²) in [5.74, 6) is -0.0226. The van der Waals surface area contributed by atoms with Gasteiger partial charge in [-0.15, -0.1) is 0 Å². The van der Waals surface area contributed by atoms with Crippen LogP contribution in [0.5, 0.6) is 11.5 Å². The second-order valence-electron chi connectivity index (χ2n) is 6.33. The number of ether oxygens (including phenoxy) is 2. The van der Waals surface area contributed by atoms with Crippen molar-refractivity contribution in [1.82, 2.24) is 4.98 Å². The number of pyridine rings is 1. The van der Waals surface area contributed by atoms with E-state index in [1.807, 2.05) is 0 Å². The number of hydrogen-bond donors (Lipinski definition) is 1. The number of anilines is 2. The first-order valence-corrected chi connectivity index (χ1v) is 9.25. The van der Waals surface area contributed by atoms with Gasteiger partial charge in [-0.3, -0.25) is 9.88 Å². The van der Waals surface area contributed by atoms with Gasteiger partial charge in [-0.05, 0) is 48.5 Å². The second-order valence-corrected chi connectivity index (χ2v) is 6.74. The summed E-state index contributed by atoms with van der Waals surface area (Å²) in [7, 11) is 1.23. The summed E-state index contributed by atoms with van der Waals surface area (Å²) in [6.07, 6.45) is -2.02. The summed E-state index contributed by atoms with van der Waals surface area (Å²) in [6.45, 7) is 0. The van der Waals surface area contributed by atoms with Crippen LogP contribution < -0.4 is 15.4 Å². The maximum atomic E-state index is 13.2. The monoisotopic (exact) mass is 465 g/mol. The Morgan fingerprint density at radius 1 is 1.00 bits per heavy atom. The maximum Gasteiger partial charge on any atom is 0.417 e. The third kappa shape index (κ3) is 5.09. The van der Waals surface area contributed by atoms with E-state index in [4.69, 9.17) is 22.1 Å². The number of carbonyl (C=O) groups excluding carboxylic acids is 2. The number of esters is 1. The fraction of sp³-hybridized carbons (Fsp3) is 0.0952. The Morgan fingerprint density at radius 2 is 1.66 bits per heavy atom. The number of hydrogen-bond acceptors (Lipinski definition) is 5. The van der Waals surface area contributed by atoms with Crippen LogP contribution in [0.4, 0.5) is 29.3 Å². The summed E-state index contributed by atoms with van der Waals surface area (Å²) < 4.78 is 49.8. The predicted octanol–water partition coefficient (Wildman–Crippen LogP) is 5.55. The molecule has 0 fully saturated rings. The number of urea groups is 1. The molecule has 0 radical (unpaired) electrons. The van der Waals surface area contributed by atoms with Crippen molar-refractivity contribution in [3.05, 3.63) is 77.1 Å². The van der Waals surface area contributed by atoms with Crippen molar-refractivity contribution in [3.63, 3.8) is 0 Å². The molecule has 2 amide bonds. The van der Waals surface area contributed by atoms with Gasteiger partial charge < -0.3 is 15.2 Å². The zero-order valence-corrected chi connectivity index (χ0v) is 17.1. The van der Waals surface area contributed by atoms with E-state index in [9.17, 15) is 22.8 Å². The number of alkyl halides is 3. The largest absolute Gasteiger partial charge is 0.465 e. The Hall–Kier alpha value is -3.79. The molecule has 0 aliphatic rings. The van der Waals surface area contributed by atoms with Gasteiger partial charge in [0.1, 0.15) is 11.5 Å². The number of halogens is 4. The number of amides is 2. The molecule has 0 spiro atoms. The maximum absolute atomic E-state index is 13.2. The van der Waals surface area contributed by atoms with Crippen LogP contribution in [0, 0.1) is 0 Å². The molecule has 2 aromatic carbocycles. The first-order chi connectivity index (χ1) is 15.1. The first kappa shape index (κ1) is 22.9. The molecule has 0 saturated heterocycles. The number of benzene rings is 2. The van der Waals surface area contributed by atoms with Crippen molar-refractivity contribution < 1.29 is 32.2 Å². The highest BCUT2D eigenvalue weighted by Crippen LogP contribution is 2.38. The van der Waals surface area contributed by atoms with Crippen molar-refractivity contribution in [2.45, 2.75) is 6.18 Å². The van der Waals surface area contributed by atoms with Crippen LogP contribution in [0.1, 0.15) is 15.9 Å². The van der Waals surface area contributed by atoms with Gasteiger partial charge >= 0.3 is 18.2 Å². The van der Waals surface area contributed by atoms with E-state index in [1.165, 1.54) is 55.9 Å². The molecule has 0 bridgehead atoms. The second kappa shape index (κ2) is 9.15. The van der Waals surface area contributed by atoms with Crippen molar-refractivity contribution in [3.8, 4) is 11.5 Å². The summed E-state index contributed by atoms with van der Waals surface area (Å²) >= 11 is 5.64. The molecule has 0 aliphatic heterocycles.